The highest BCUT2D eigenvalue weighted by molar-refractivity contribution is 6.30. The van der Waals surface area contributed by atoms with E-state index in [4.69, 9.17) is 11.6 Å². The van der Waals surface area contributed by atoms with Crippen molar-refractivity contribution in [2.75, 3.05) is 18.4 Å². The minimum Gasteiger partial charge on any atom is -0.354 e. The van der Waals surface area contributed by atoms with Gasteiger partial charge in [-0.1, -0.05) is 11.6 Å². The second kappa shape index (κ2) is 6.43. The van der Waals surface area contributed by atoms with E-state index in [1.165, 1.54) is 0 Å². The molecule has 0 saturated heterocycles. The number of rotatable bonds is 5. The minimum absolute atomic E-state index is 0.0832. The van der Waals surface area contributed by atoms with Crippen LogP contribution in [0.3, 0.4) is 0 Å². The predicted molar refractivity (Wildman–Crippen MR) is 74.2 cm³/mol. The molecule has 1 aliphatic rings. The summed E-state index contributed by atoms with van der Waals surface area (Å²) in [6.45, 7) is 0.848. The Morgan fingerprint density at radius 2 is 1.74 bits per heavy atom. The Kier molecular flexibility index (Phi) is 4.63. The van der Waals surface area contributed by atoms with Gasteiger partial charge in [0.15, 0.2) is 0 Å². The molecule has 0 unspecified atom stereocenters. The van der Waals surface area contributed by atoms with Crippen LogP contribution < -0.4 is 16.0 Å². The van der Waals surface area contributed by atoms with Gasteiger partial charge in [0.25, 0.3) is 0 Å². The molecule has 5 nitrogen and oxygen atoms in total. The lowest BCUT2D eigenvalue weighted by Crippen LogP contribution is -2.37. The number of urea groups is 1. The standard InChI is InChI=1S/C13H16ClN3O2/c14-10-3-5-11(6-4-10)17-13(19)16-8-7-15-12(18)9-1-2-9/h3-6,9H,1-2,7-8H2,(H,15,18)(H2,16,17,19). The molecule has 1 saturated carbocycles. The molecule has 3 N–H and O–H groups in total. The van der Waals surface area contributed by atoms with Crippen LogP contribution in [0.25, 0.3) is 0 Å². The number of carbonyl (C=O) groups is 2. The number of halogens is 1. The van der Waals surface area contributed by atoms with E-state index in [0.29, 0.717) is 23.8 Å². The van der Waals surface area contributed by atoms with Crippen LogP contribution in [0.5, 0.6) is 0 Å². The molecule has 0 atom stereocenters. The number of benzene rings is 1. The number of anilines is 1. The first kappa shape index (κ1) is 13.7. The lowest BCUT2D eigenvalue weighted by Gasteiger charge is -2.08. The Balaban J connectivity index is 1.61. The minimum atomic E-state index is -0.303. The van der Waals surface area contributed by atoms with Crippen molar-refractivity contribution in [3.63, 3.8) is 0 Å². The Bertz CT molecular complexity index is 457. The van der Waals surface area contributed by atoms with Crippen molar-refractivity contribution in [1.82, 2.24) is 10.6 Å². The van der Waals surface area contributed by atoms with Crippen LogP contribution in [-0.4, -0.2) is 25.0 Å². The summed E-state index contributed by atoms with van der Waals surface area (Å²) >= 11 is 5.74. The highest BCUT2D eigenvalue weighted by atomic mass is 35.5. The van der Waals surface area contributed by atoms with Gasteiger partial charge < -0.3 is 16.0 Å². The highest BCUT2D eigenvalue weighted by Gasteiger charge is 2.28. The van der Waals surface area contributed by atoms with E-state index in [0.717, 1.165) is 12.8 Å². The molecule has 3 amide bonds. The van der Waals surface area contributed by atoms with Crippen LogP contribution >= 0.6 is 11.6 Å². The SMILES string of the molecule is O=C(NCCNC(=O)C1CC1)Nc1ccc(Cl)cc1. The van der Waals surface area contributed by atoms with Crippen LogP contribution in [0.4, 0.5) is 10.5 Å². The third-order valence-electron chi connectivity index (χ3n) is 2.76. The van der Waals surface area contributed by atoms with Gasteiger partial charge in [-0.2, -0.15) is 0 Å². The maximum absolute atomic E-state index is 11.5. The molecule has 0 spiro atoms. The molecule has 6 heteroatoms. The first-order chi connectivity index (χ1) is 9.15. The molecule has 1 aliphatic carbocycles. The summed E-state index contributed by atoms with van der Waals surface area (Å²) in [5, 5.41) is 8.73. The van der Waals surface area contributed by atoms with Crippen LogP contribution in [0.2, 0.25) is 5.02 Å². The second-order valence-electron chi connectivity index (χ2n) is 4.45. The average Bonchev–Trinajstić information content (AvgIpc) is 3.21. The smallest absolute Gasteiger partial charge is 0.319 e. The quantitative estimate of drug-likeness (QED) is 0.723. The molecule has 0 aromatic heterocycles. The Morgan fingerprint density at radius 1 is 1.11 bits per heavy atom. The molecule has 0 bridgehead atoms. The lowest BCUT2D eigenvalue weighted by atomic mass is 10.3. The number of hydrogen-bond acceptors (Lipinski definition) is 2. The summed E-state index contributed by atoms with van der Waals surface area (Å²) in [6.07, 6.45) is 1.96. The number of amides is 3. The van der Waals surface area contributed by atoms with E-state index in [1.807, 2.05) is 0 Å². The van der Waals surface area contributed by atoms with E-state index in [-0.39, 0.29) is 17.9 Å². The topological polar surface area (TPSA) is 70.2 Å². The van der Waals surface area contributed by atoms with Crippen molar-refractivity contribution in [2.45, 2.75) is 12.8 Å². The third-order valence-corrected chi connectivity index (χ3v) is 3.01. The second-order valence-corrected chi connectivity index (χ2v) is 4.89. The zero-order valence-corrected chi connectivity index (χ0v) is 11.2. The summed E-state index contributed by atoms with van der Waals surface area (Å²) in [4.78, 5) is 22.8. The van der Waals surface area contributed by atoms with E-state index < -0.39 is 0 Å². The highest BCUT2D eigenvalue weighted by Crippen LogP contribution is 2.28. The molecule has 1 aromatic carbocycles. The average molecular weight is 282 g/mol. The zero-order valence-electron chi connectivity index (χ0n) is 10.4. The fourth-order valence-electron chi connectivity index (χ4n) is 1.56. The Hall–Kier alpha value is -1.75. The maximum Gasteiger partial charge on any atom is 0.319 e. The van der Waals surface area contributed by atoms with Crippen molar-refractivity contribution in [2.24, 2.45) is 5.92 Å². The zero-order chi connectivity index (χ0) is 13.7. The van der Waals surface area contributed by atoms with E-state index in [2.05, 4.69) is 16.0 Å². The van der Waals surface area contributed by atoms with Gasteiger partial charge >= 0.3 is 6.03 Å². The molecule has 0 aliphatic heterocycles. The third kappa shape index (κ3) is 4.79. The monoisotopic (exact) mass is 281 g/mol. The largest absolute Gasteiger partial charge is 0.354 e. The van der Waals surface area contributed by atoms with Gasteiger partial charge in [-0.3, -0.25) is 4.79 Å². The van der Waals surface area contributed by atoms with Gasteiger partial charge in [-0.25, -0.2) is 4.79 Å². The molecule has 1 fully saturated rings. The number of hydrogen-bond donors (Lipinski definition) is 3. The predicted octanol–water partition coefficient (Wildman–Crippen LogP) is 1.99. The fraction of sp³-hybridized carbons (Fsp3) is 0.385. The van der Waals surface area contributed by atoms with E-state index in [9.17, 15) is 9.59 Å². The molecule has 19 heavy (non-hydrogen) atoms. The Labute approximate surface area is 116 Å². The first-order valence-corrected chi connectivity index (χ1v) is 6.61. The first-order valence-electron chi connectivity index (χ1n) is 6.23. The summed E-state index contributed by atoms with van der Waals surface area (Å²) in [7, 11) is 0. The number of nitrogens with one attached hydrogen (secondary N) is 3. The van der Waals surface area contributed by atoms with E-state index >= 15 is 0 Å². The molecular formula is C13H16ClN3O2. The summed E-state index contributed by atoms with van der Waals surface area (Å²) in [5.41, 5.74) is 0.670. The van der Waals surface area contributed by atoms with Crippen molar-refractivity contribution in [1.29, 1.82) is 0 Å². The molecular weight excluding hydrogens is 266 g/mol. The van der Waals surface area contributed by atoms with Crippen molar-refractivity contribution >= 4 is 29.2 Å². The fourth-order valence-corrected chi connectivity index (χ4v) is 1.69. The molecule has 102 valence electrons. The van der Waals surface area contributed by atoms with Crippen molar-refractivity contribution in [3.05, 3.63) is 29.3 Å². The van der Waals surface area contributed by atoms with Gasteiger partial charge in [0.1, 0.15) is 0 Å². The van der Waals surface area contributed by atoms with Gasteiger partial charge in [-0.15, -0.1) is 0 Å². The van der Waals surface area contributed by atoms with E-state index in [1.54, 1.807) is 24.3 Å². The van der Waals surface area contributed by atoms with Gasteiger partial charge in [0, 0.05) is 29.7 Å². The number of carbonyl (C=O) groups excluding carboxylic acids is 2. The van der Waals surface area contributed by atoms with Crippen LogP contribution in [0.1, 0.15) is 12.8 Å². The lowest BCUT2D eigenvalue weighted by molar-refractivity contribution is -0.122. The Morgan fingerprint density at radius 3 is 2.37 bits per heavy atom. The normalized spacial score (nSPS) is 13.7. The van der Waals surface area contributed by atoms with Gasteiger partial charge in [0.2, 0.25) is 5.91 Å². The van der Waals surface area contributed by atoms with Crippen molar-refractivity contribution < 1.29 is 9.59 Å². The summed E-state index contributed by atoms with van der Waals surface area (Å²) in [5.74, 6) is 0.280. The van der Waals surface area contributed by atoms with Gasteiger partial charge in [0.05, 0.1) is 0 Å². The van der Waals surface area contributed by atoms with Crippen LogP contribution in [0.15, 0.2) is 24.3 Å². The summed E-state index contributed by atoms with van der Waals surface area (Å²) in [6, 6.07) is 6.54. The van der Waals surface area contributed by atoms with Gasteiger partial charge in [-0.05, 0) is 37.1 Å². The summed E-state index contributed by atoms with van der Waals surface area (Å²) < 4.78 is 0. The molecule has 0 radical (unpaired) electrons. The van der Waals surface area contributed by atoms with Crippen molar-refractivity contribution in [3.8, 4) is 0 Å². The maximum atomic E-state index is 11.5. The molecule has 2 rings (SSSR count). The molecule has 0 heterocycles. The molecule has 1 aromatic rings. The van der Waals surface area contributed by atoms with Crippen LogP contribution in [0, 0.1) is 5.92 Å². The van der Waals surface area contributed by atoms with Crippen LogP contribution in [-0.2, 0) is 4.79 Å².